The van der Waals surface area contributed by atoms with Crippen LogP contribution in [0.2, 0.25) is 5.02 Å². The Labute approximate surface area is 256 Å². The highest BCUT2D eigenvalue weighted by molar-refractivity contribution is 6.30. The largest absolute Gasteiger partial charge is 0.342 e. The fourth-order valence-electron chi connectivity index (χ4n) is 5.74. The van der Waals surface area contributed by atoms with Gasteiger partial charge in [0.05, 0.1) is 24.8 Å². The zero-order chi connectivity index (χ0) is 25.1. The number of piperazine rings is 1. The van der Waals surface area contributed by atoms with Gasteiger partial charge in [0.15, 0.2) is 0 Å². The van der Waals surface area contributed by atoms with Gasteiger partial charge in [0.1, 0.15) is 18.1 Å². The number of benzene rings is 3. The Morgan fingerprint density at radius 1 is 0.846 bits per heavy atom. The lowest BCUT2D eigenvalue weighted by atomic mass is 9.96. The minimum atomic E-state index is 0. The maximum Gasteiger partial charge on any atom is 0.137 e. The Hall–Kier alpha value is -2.05. The van der Waals surface area contributed by atoms with Crippen LogP contribution in [0.4, 0.5) is 5.69 Å². The molecule has 1 fully saturated rings. The Morgan fingerprint density at radius 2 is 1.41 bits per heavy atom. The van der Waals surface area contributed by atoms with Gasteiger partial charge >= 0.3 is 0 Å². The monoisotopic (exact) mass is 607 g/mol. The molecule has 1 N–H and O–H groups in total. The number of nitrogens with one attached hydrogen (secondary N) is 1. The summed E-state index contributed by atoms with van der Waals surface area (Å²) in [6.07, 6.45) is 0. The maximum absolute atomic E-state index is 6.26. The number of H-pyrrole nitrogens is 1. The average molecular weight is 609 g/mol. The van der Waals surface area contributed by atoms with Crippen molar-refractivity contribution in [2.75, 3.05) is 26.2 Å². The molecule has 0 radical (unpaired) electrons. The van der Waals surface area contributed by atoms with Gasteiger partial charge in [-0.1, -0.05) is 86.1 Å². The molecule has 1 aliphatic rings. The van der Waals surface area contributed by atoms with Crippen molar-refractivity contribution in [3.8, 4) is 11.4 Å². The normalized spacial score (nSPS) is 15.5. The molecule has 1 saturated heterocycles. The smallest absolute Gasteiger partial charge is 0.137 e. The summed E-state index contributed by atoms with van der Waals surface area (Å²) in [5.41, 5.74) is 6.19. The van der Waals surface area contributed by atoms with Crippen molar-refractivity contribution in [2.45, 2.75) is 33.4 Å². The molecule has 1 atom stereocenters. The van der Waals surface area contributed by atoms with E-state index >= 15 is 0 Å². The van der Waals surface area contributed by atoms with Gasteiger partial charge in [0.25, 0.3) is 0 Å². The SMILES string of the molecule is Cc1[nH]c(-c2ccccc2)nc1C(C(C)C)N1CC[N+](Cc2ccccc2)(c2ccc(Cl)cc2)CC1.Cl.Cl.Cl. The Kier molecular flexibility index (Phi) is 12.4. The molecule has 0 spiro atoms. The Bertz CT molecular complexity index is 1270. The third-order valence-electron chi connectivity index (χ3n) is 7.61. The Balaban J connectivity index is 0.00000178. The molecule has 5 rings (SSSR count). The molecular formula is C31H39Cl4N4+. The van der Waals surface area contributed by atoms with E-state index in [1.54, 1.807) is 0 Å². The van der Waals surface area contributed by atoms with Crippen LogP contribution in [0.1, 0.15) is 36.8 Å². The van der Waals surface area contributed by atoms with Crippen LogP contribution in [0.5, 0.6) is 0 Å². The van der Waals surface area contributed by atoms with Crippen molar-refractivity contribution < 1.29 is 0 Å². The summed E-state index contributed by atoms with van der Waals surface area (Å²) in [5, 5.41) is 0.790. The van der Waals surface area contributed by atoms with Crippen molar-refractivity contribution in [1.29, 1.82) is 0 Å². The second-order valence-corrected chi connectivity index (χ2v) is 10.8. The van der Waals surface area contributed by atoms with Gasteiger partial charge in [-0.15, -0.1) is 37.2 Å². The molecule has 0 bridgehead atoms. The number of hydrogen-bond donors (Lipinski definition) is 1. The first kappa shape index (κ1) is 33.2. The van der Waals surface area contributed by atoms with E-state index in [0.717, 1.165) is 53.6 Å². The summed E-state index contributed by atoms with van der Waals surface area (Å²) >= 11 is 6.26. The summed E-state index contributed by atoms with van der Waals surface area (Å²) < 4.78 is 0.942. The minimum Gasteiger partial charge on any atom is -0.342 e. The van der Waals surface area contributed by atoms with Crippen LogP contribution < -0.4 is 4.48 Å². The van der Waals surface area contributed by atoms with E-state index in [9.17, 15) is 0 Å². The van der Waals surface area contributed by atoms with Gasteiger partial charge in [-0.2, -0.15) is 0 Å². The molecule has 4 nitrogen and oxygen atoms in total. The van der Waals surface area contributed by atoms with Crippen molar-refractivity contribution in [2.24, 2.45) is 5.92 Å². The van der Waals surface area contributed by atoms with E-state index in [-0.39, 0.29) is 43.3 Å². The standard InChI is InChI=1S/C31H36ClN4.3ClH/c1-23(2)30(29-24(3)33-31(34-29)26-12-8-5-9-13-26)35-18-20-36(21-19-35,22-25-10-6-4-7-11-25)28-16-14-27(32)15-17-28;;;/h4-17,23,30H,18-22H2,1-3H3,(H,33,34);3*1H/q+1;;;. The van der Waals surface area contributed by atoms with Crippen LogP contribution in [-0.4, -0.2) is 41.0 Å². The average Bonchev–Trinajstić information content (AvgIpc) is 3.27. The molecule has 0 aliphatic carbocycles. The number of aromatic amines is 1. The molecule has 210 valence electrons. The van der Waals surface area contributed by atoms with Crippen LogP contribution in [0.3, 0.4) is 0 Å². The molecular weight excluding hydrogens is 570 g/mol. The molecule has 3 aromatic carbocycles. The summed E-state index contributed by atoms with van der Waals surface area (Å²) in [4.78, 5) is 11.3. The van der Waals surface area contributed by atoms with E-state index in [1.165, 1.54) is 22.6 Å². The van der Waals surface area contributed by atoms with Crippen molar-refractivity contribution in [1.82, 2.24) is 19.4 Å². The van der Waals surface area contributed by atoms with Crippen molar-refractivity contribution in [3.63, 3.8) is 0 Å². The van der Waals surface area contributed by atoms with Crippen LogP contribution in [0.15, 0.2) is 84.9 Å². The van der Waals surface area contributed by atoms with Gasteiger partial charge in [-0.3, -0.25) is 9.38 Å². The van der Waals surface area contributed by atoms with E-state index in [4.69, 9.17) is 16.6 Å². The molecule has 2 heterocycles. The highest BCUT2D eigenvalue weighted by Crippen LogP contribution is 2.36. The predicted octanol–water partition coefficient (Wildman–Crippen LogP) is 8.52. The number of hydrogen-bond acceptors (Lipinski definition) is 2. The lowest BCUT2D eigenvalue weighted by Gasteiger charge is -2.47. The number of nitrogens with zero attached hydrogens (tertiary/aromatic N) is 3. The fourth-order valence-corrected chi connectivity index (χ4v) is 5.87. The minimum absolute atomic E-state index is 0. The van der Waals surface area contributed by atoms with Gasteiger partial charge in [0, 0.05) is 47.1 Å². The van der Waals surface area contributed by atoms with E-state index in [1.807, 2.05) is 18.2 Å². The molecule has 1 aliphatic heterocycles. The third kappa shape index (κ3) is 7.38. The number of imidazole rings is 1. The zero-order valence-corrected chi connectivity index (χ0v) is 25.9. The number of aromatic nitrogens is 2. The van der Waals surface area contributed by atoms with Gasteiger partial charge < -0.3 is 4.98 Å². The van der Waals surface area contributed by atoms with Crippen molar-refractivity contribution >= 4 is 54.5 Å². The van der Waals surface area contributed by atoms with E-state index in [0.29, 0.717) is 5.92 Å². The number of aryl methyl sites for hydroxylation is 1. The van der Waals surface area contributed by atoms with Crippen LogP contribution in [0, 0.1) is 12.8 Å². The highest BCUT2D eigenvalue weighted by atomic mass is 35.5. The number of halogens is 4. The third-order valence-corrected chi connectivity index (χ3v) is 7.86. The first-order valence-electron chi connectivity index (χ1n) is 13.0. The van der Waals surface area contributed by atoms with Gasteiger partial charge in [-0.05, 0) is 25.0 Å². The van der Waals surface area contributed by atoms with Crippen LogP contribution in [-0.2, 0) is 6.54 Å². The summed E-state index contributed by atoms with van der Waals surface area (Å²) in [6.45, 7) is 11.9. The van der Waals surface area contributed by atoms with Gasteiger partial charge in [0.2, 0.25) is 0 Å². The molecule has 0 amide bonds. The predicted molar refractivity (Wildman–Crippen MR) is 173 cm³/mol. The molecule has 4 aromatic rings. The lowest BCUT2D eigenvalue weighted by molar-refractivity contribution is 0.0727. The Morgan fingerprint density at radius 3 is 1.97 bits per heavy atom. The molecule has 0 saturated carbocycles. The number of rotatable bonds is 7. The summed E-state index contributed by atoms with van der Waals surface area (Å²) in [5.74, 6) is 1.42. The van der Waals surface area contributed by atoms with Crippen molar-refractivity contribution in [3.05, 3.63) is 107 Å². The molecule has 39 heavy (non-hydrogen) atoms. The van der Waals surface area contributed by atoms with E-state index in [2.05, 4.69) is 97.4 Å². The molecule has 1 aromatic heterocycles. The zero-order valence-electron chi connectivity index (χ0n) is 22.7. The van der Waals surface area contributed by atoms with E-state index < -0.39 is 0 Å². The topological polar surface area (TPSA) is 31.9 Å². The second kappa shape index (κ2) is 14.5. The van der Waals surface area contributed by atoms with Gasteiger partial charge in [-0.25, -0.2) is 4.98 Å². The quantitative estimate of drug-likeness (QED) is 0.213. The number of quaternary nitrogens is 1. The molecule has 8 heteroatoms. The molecule has 1 unspecified atom stereocenters. The first-order valence-corrected chi connectivity index (χ1v) is 13.4. The maximum atomic E-state index is 6.26. The van der Waals surface area contributed by atoms with Crippen LogP contribution in [0.25, 0.3) is 11.4 Å². The summed E-state index contributed by atoms with van der Waals surface area (Å²) in [7, 11) is 0. The fraction of sp³-hybridized carbons (Fsp3) is 0.323. The lowest BCUT2D eigenvalue weighted by Crippen LogP contribution is -2.61. The first-order chi connectivity index (χ1) is 17.4. The second-order valence-electron chi connectivity index (χ2n) is 10.4. The summed E-state index contributed by atoms with van der Waals surface area (Å²) in [6, 6.07) is 30.1. The van der Waals surface area contributed by atoms with Crippen LogP contribution >= 0.6 is 48.8 Å². The highest BCUT2D eigenvalue weighted by Gasteiger charge is 2.39.